The number of carbonyl (C=O) groups is 2. The summed E-state index contributed by atoms with van der Waals surface area (Å²) in [5, 5.41) is 47.7. The van der Waals surface area contributed by atoms with Crippen LogP contribution in [0.4, 0.5) is 22.7 Å². The van der Waals surface area contributed by atoms with E-state index in [0.29, 0.717) is 18.4 Å². The highest BCUT2D eigenvalue weighted by molar-refractivity contribution is 5.95. The molecule has 2 aromatic carbocycles. The monoisotopic (exact) mass is 789 g/mol. The second-order valence-corrected chi connectivity index (χ2v) is 13.5. The summed E-state index contributed by atoms with van der Waals surface area (Å²) in [7, 11) is 2.50. The van der Waals surface area contributed by atoms with E-state index >= 15 is 0 Å². The third-order valence-electron chi connectivity index (χ3n) is 9.70. The number of carbonyl (C=O) groups excluding carboxylic acids is 2. The van der Waals surface area contributed by atoms with Crippen molar-refractivity contribution in [2.75, 3.05) is 14.2 Å². The van der Waals surface area contributed by atoms with E-state index in [2.05, 4.69) is 26.4 Å². The first-order valence-corrected chi connectivity index (χ1v) is 19.0. The average Bonchev–Trinajstić information content (AvgIpc) is 3.24. The van der Waals surface area contributed by atoms with Gasteiger partial charge in [0.15, 0.2) is 23.1 Å². The number of terminal acetylenes is 1. The molecule has 2 aromatic heterocycles. The fourth-order valence-electron chi connectivity index (χ4n) is 6.41. The molecule has 0 fully saturated rings. The maximum Gasteiger partial charge on any atom is 0.340 e. The zero-order valence-electron chi connectivity index (χ0n) is 33.2. The fraction of sp³-hybridized carbons (Fsp3) is 0.372. The molecule has 4 rings (SSSR count). The van der Waals surface area contributed by atoms with Gasteiger partial charge in [-0.2, -0.15) is 5.26 Å². The van der Waals surface area contributed by atoms with Crippen LogP contribution < -0.4 is 11.1 Å². The second-order valence-electron chi connectivity index (χ2n) is 13.5. The number of benzene rings is 2. The Morgan fingerprint density at radius 2 is 1.00 bits per heavy atom. The van der Waals surface area contributed by atoms with Gasteiger partial charge in [-0.05, 0) is 51.0 Å². The first-order valence-electron chi connectivity index (χ1n) is 19.0. The van der Waals surface area contributed by atoms with Crippen LogP contribution in [0.5, 0.6) is 11.8 Å². The van der Waals surface area contributed by atoms with Crippen molar-refractivity contribution in [1.29, 1.82) is 5.26 Å². The van der Waals surface area contributed by atoms with Crippen molar-refractivity contribution in [2.24, 2.45) is 20.5 Å². The Balaban J connectivity index is 1.24. The Kier molecular flexibility index (Phi) is 16.2. The molecule has 0 saturated heterocycles. The number of rotatable bonds is 19. The lowest BCUT2D eigenvalue weighted by atomic mass is 10.1. The summed E-state index contributed by atoms with van der Waals surface area (Å²) < 4.78 is 12.0. The molecule has 58 heavy (non-hydrogen) atoms. The van der Waals surface area contributed by atoms with E-state index in [-0.39, 0.29) is 75.4 Å². The van der Waals surface area contributed by atoms with E-state index in [9.17, 15) is 34.7 Å². The largest absolute Gasteiger partial charge is 0.494 e. The first kappa shape index (κ1) is 43.9. The van der Waals surface area contributed by atoms with Crippen molar-refractivity contribution in [3.8, 4) is 30.2 Å². The van der Waals surface area contributed by atoms with Gasteiger partial charge in [-0.3, -0.25) is 18.7 Å². The molecule has 0 aliphatic heterocycles. The van der Waals surface area contributed by atoms with Crippen LogP contribution >= 0.6 is 0 Å². The third kappa shape index (κ3) is 10.5. The van der Waals surface area contributed by atoms with Crippen LogP contribution in [0.25, 0.3) is 0 Å². The summed E-state index contributed by atoms with van der Waals surface area (Å²) in [4.78, 5) is 51.1. The molecule has 302 valence electrons. The maximum absolute atomic E-state index is 13.4. The molecular formula is C43H47N7O8. The molecule has 2 heterocycles. The summed E-state index contributed by atoms with van der Waals surface area (Å²) >= 11 is 0. The molecular weight excluding hydrogens is 743 g/mol. The lowest BCUT2D eigenvalue weighted by molar-refractivity contribution is 0.0592. The topological polar surface area (TPSA) is 210 Å². The minimum absolute atomic E-state index is 0.0902. The molecule has 0 bridgehead atoms. The normalized spacial score (nSPS) is 11.1. The summed E-state index contributed by atoms with van der Waals surface area (Å²) in [6, 6.07) is 14.7. The van der Waals surface area contributed by atoms with E-state index < -0.39 is 23.1 Å². The number of nitrogens with zero attached hydrogens (tertiary/aromatic N) is 7. The highest BCUT2D eigenvalue weighted by atomic mass is 16.5. The van der Waals surface area contributed by atoms with Crippen LogP contribution in [0.3, 0.4) is 0 Å². The number of esters is 2. The van der Waals surface area contributed by atoms with Gasteiger partial charge in [-0.25, -0.2) is 9.59 Å². The van der Waals surface area contributed by atoms with Gasteiger partial charge in [0.1, 0.15) is 17.4 Å². The second kappa shape index (κ2) is 21.4. The lowest BCUT2D eigenvalue weighted by Crippen LogP contribution is -2.22. The van der Waals surface area contributed by atoms with Crippen LogP contribution in [-0.2, 0) is 22.6 Å². The van der Waals surface area contributed by atoms with Crippen molar-refractivity contribution < 1.29 is 29.3 Å². The summed E-state index contributed by atoms with van der Waals surface area (Å²) in [6.07, 6.45) is 14.6. The molecule has 15 heteroatoms. The van der Waals surface area contributed by atoms with Gasteiger partial charge < -0.3 is 19.7 Å². The number of azo groups is 2. The lowest BCUT2D eigenvalue weighted by Gasteiger charge is -2.14. The summed E-state index contributed by atoms with van der Waals surface area (Å²) in [5.41, 5.74) is -0.242. The Bertz CT molecular complexity index is 2230. The summed E-state index contributed by atoms with van der Waals surface area (Å²) in [5.74, 6) is 0.704. The Morgan fingerprint density at radius 1 is 0.638 bits per heavy atom. The van der Waals surface area contributed by atoms with Gasteiger partial charge >= 0.3 is 11.9 Å². The quantitative estimate of drug-likeness (QED) is 0.0401. The molecule has 15 nitrogen and oxygen atoms in total. The molecule has 0 saturated carbocycles. The van der Waals surface area contributed by atoms with E-state index in [0.717, 1.165) is 51.4 Å². The molecule has 0 atom stereocenters. The minimum Gasteiger partial charge on any atom is -0.494 e. The Morgan fingerprint density at radius 3 is 1.38 bits per heavy atom. The highest BCUT2D eigenvalue weighted by Crippen LogP contribution is 2.30. The van der Waals surface area contributed by atoms with Crippen molar-refractivity contribution in [1.82, 2.24) is 9.13 Å². The van der Waals surface area contributed by atoms with Crippen LogP contribution in [0.15, 0.2) is 78.6 Å². The molecule has 0 aliphatic rings. The van der Waals surface area contributed by atoms with Gasteiger partial charge in [0.05, 0.1) is 36.5 Å². The smallest absolute Gasteiger partial charge is 0.340 e. The maximum atomic E-state index is 13.4. The number of methoxy groups -OCH3 is 2. The molecule has 2 N–H and O–H groups in total. The highest BCUT2D eigenvalue weighted by Gasteiger charge is 2.21. The number of unbranched alkanes of at least 4 members (excludes halogenated alkanes) is 9. The minimum atomic E-state index is -0.650. The zero-order chi connectivity index (χ0) is 42.2. The molecule has 0 spiro atoms. The first-order chi connectivity index (χ1) is 28.0. The molecule has 0 amide bonds. The van der Waals surface area contributed by atoms with Gasteiger partial charge in [0.2, 0.25) is 0 Å². The van der Waals surface area contributed by atoms with E-state index in [4.69, 9.17) is 15.9 Å². The van der Waals surface area contributed by atoms with Crippen molar-refractivity contribution >= 4 is 34.7 Å². The number of hydrogen-bond acceptors (Lipinski definition) is 13. The molecule has 0 unspecified atom stereocenters. The van der Waals surface area contributed by atoms with E-state index in [1.54, 1.807) is 37.3 Å². The average molecular weight is 790 g/mol. The standard InChI is InChI=1S/C43H47N7O8/c1-6-30-28(2)38(51)49(40(53)36(30)47-45-34-23-17-15-21-31(34)42(55)57-4)25-19-13-11-9-7-8-10-12-14-20-26-50-39(52)29(3)33(27-44)37(41(50)54)48-46-35-24-18-16-22-32(35)43(56)58-5/h1,15-18,21-24,51-52H,7-14,19-20,25-26H2,2-5H3. The Labute approximate surface area is 336 Å². The Hall–Kier alpha value is -6.87. The van der Waals surface area contributed by atoms with E-state index in [1.807, 2.05) is 6.07 Å². The van der Waals surface area contributed by atoms with Crippen molar-refractivity contribution in [3.05, 3.63) is 103 Å². The van der Waals surface area contributed by atoms with Crippen LogP contribution in [0.2, 0.25) is 0 Å². The predicted molar refractivity (Wildman–Crippen MR) is 217 cm³/mol. The van der Waals surface area contributed by atoms with Gasteiger partial charge in [0, 0.05) is 24.2 Å². The van der Waals surface area contributed by atoms with E-state index in [1.165, 1.54) is 48.5 Å². The van der Waals surface area contributed by atoms with Crippen LogP contribution in [0, 0.1) is 37.5 Å². The number of pyridine rings is 2. The van der Waals surface area contributed by atoms with Crippen molar-refractivity contribution in [3.63, 3.8) is 0 Å². The van der Waals surface area contributed by atoms with Gasteiger partial charge in [0.25, 0.3) is 11.1 Å². The van der Waals surface area contributed by atoms with Crippen LogP contribution in [-0.4, -0.2) is 45.5 Å². The third-order valence-corrected chi connectivity index (χ3v) is 9.70. The van der Waals surface area contributed by atoms with Gasteiger partial charge in [-0.1, -0.05) is 81.6 Å². The predicted octanol–water partition coefficient (Wildman–Crippen LogP) is 8.90. The fourth-order valence-corrected chi connectivity index (χ4v) is 6.41. The molecule has 0 radical (unpaired) electrons. The zero-order valence-corrected chi connectivity index (χ0v) is 33.2. The number of ether oxygens (including phenoxy) is 2. The van der Waals surface area contributed by atoms with Crippen molar-refractivity contribution in [2.45, 2.75) is 91.1 Å². The molecule has 4 aromatic rings. The number of aromatic nitrogens is 2. The summed E-state index contributed by atoms with van der Waals surface area (Å²) in [6.45, 7) is 3.65. The number of nitriles is 1. The van der Waals surface area contributed by atoms with Gasteiger partial charge in [-0.15, -0.1) is 26.9 Å². The number of aromatic hydroxyl groups is 2. The van der Waals surface area contributed by atoms with Crippen LogP contribution in [0.1, 0.15) is 107 Å². The number of hydrogen-bond donors (Lipinski definition) is 2. The molecule has 0 aliphatic carbocycles. The SMILES string of the molecule is C#Cc1c(C)c(O)n(CCCCCCCCCCCCn2c(O)c(C)c(C#N)c(N=Nc3ccccc3C(=O)OC)c2=O)c(=O)c1N=Nc1ccccc1C(=O)OC.